The number of thiophene rings is 1. The third-order valence-corrected chi connectivity index (χ3v) is 3.17. The zero-order valence-corrected chi connectivity index (χ0v) is 10.7. The molecule has 0 saturated heterocycles. The summed E-state index contributed by atoms with van der Waals surface area (Å²) in [6, 6.07) is 3.87. The molecule has 1 aromatic rings. The predicted molar refractivity (Wildman–Crippen MR) is 64.4 cm³/mol. The number of halogens is 1. The van der Waals surface area contributed by atoms with Crippen molar-refractivity contribution in [3.63, 3.8) is 0 Å². The first-order valence-electron chi connectivity index (χ1n) is 4.62. The van der Waals surface area contributed by atoms with Crippen LogP contribution in [0.15, 0.2) is 12.1 Å². The van der Waals surface area contributed by atoms with Crippen LogP contribution in [0.3, 0.4) is 0 Å². The van der Waals surface area contributed by atoms with Crippen LogP contribution in [-0.2, 0) is 11.3 Å². The van der Waals surface area contributed by atoms with Gasteiger partial charge < -0.3 is 4.90 Å². The van der Waals surface area contributed by atoms with Crippen LogP contribution in [0.5, 0.6) is 0 Å². The summed E-state index contributed by atoms with van der Waals surface area (Å²) in [5.74, 6) is 0.111. The van der Waals surface area contributed by atoms with Gasteiger partial charge in [-0.15, -0.1) is 11.3 Å². The average molecular weight is 247 g/mol. The van der Waals surface area contributed by atoms with E-state index in [-0.39, 0.29) is 5.91 Å². The molecule has 0 aliphatic rings. The Hall–Kier alpha value is -0.580. The minimum atomic E-state index is 0.111. The van der Waals surface area contributed by atoms with E-state index in [4.69, 9.17) is 11.6 Å². The third-order valence-electron chi connectivity index (χ3n) is 1.96. The molecular weight excluding hydrogens is 232 g/mol. The molecule has 1 amide bonds. The van der Waals surface area contributed by atoms with Gasteiger partial charge in [0.25, 0.3) is 0 Å². The van der Waals surface area contributed by atoms with Crippen molar-refractivity contribution in [3.05, 3.63) is 21.3 Å². The van der Waals surface area contributed by atoms with Crippen LogP contribution in [-0.4, -0.2) is 43.4 Å². The van der Waals surface area contributed by atoms with E-state index < -0.39 is 0 Å². The predicted octanol–water partition coefficient (Wildman–Crippen LogP) is 1.92. The summed E-state index contributed by atoms with van der Waals surface area (Å²) in [6.07, 6.45) is 0. The zero-order chi connectivity index (χ0) is 11.4. The van der Waals surface area contributed by atoms with E-state index in [2.05, 4.69) is 0 Å². The van der Waals surface area contributed by atoms with Crippen LogP contribution in [0.25, 0.3) is 0 Å². The molecule has 0 radical (unpaired) electrons. The lowest BCUT2D eigenvalue weighted by atomic mass is 10.4. The second-order valence-corrected chi connectivity index (χ2v) is 5.47. The van der Waals surface area contributed by atoms with E-state index in [1.54, 1.807) is 30.3 Å². The van der Waals surface area contributed by atoms with Crippen LogP contribution >= 0.6 is 22.9 Å². The fraction of sp³-hybridized carbons (Fsp3) is 0.500. The van der Waals surface area contributed by atoms with E-state index >= 15 is 0 Å². The second-order valence-electron chi connectivity index (χ2n) is 3.67. The molecule has 0 aliphatic heterocycles. The highest BCUT2D eigenvalue weighted by Crippen LogP contribution is 2.22. The van der Waals surface area contributed by atoms with E-state index in [1.165, 1.54) is 4.88 Å². The fourth-order valence-corrected chi connectivity index (χ4v) is 2.30. The van der Waals surface area contributed by atoms with Crippen molar-refractivity contribution in [3.8, 4) is 0 Å². The zero-order valence-electron chi connectivity index (χ0n) is 9.16. The molecular formula is C10H15ClN2OS. The van der Waals surface area contributed by atoms with Gasteiger partial charge in [-0.25, -0.2) is 0 Å². The first kappa shape index (κ1) is 12.5. The number of hydrogen-bond donors (Lipinski definition) is 0. The highest BCUT2D eigenvalue weighted by atomic mass is 35.5. The molecule has 15 heavy (non-hydrogen) atoms. The summed E-state index contributed by atoms with van der Waals surface area (Å²) < 4.78 is 0.789. The summed E-state index contributed by atoms with van der Waals surface area (Å²) in [5, 5.41) is 0. The van der Waals surface area contributed by atoms with Crippen molar-refractivity contribution in [2.75, 3.05) is 27.7 Å². The van der Waals surface area contributed by atoms with Crippen LogP contribution in [0.4, 0.5) is 0 Å². The maximum Gasteiger partial charge on any atom is 0.236 e. The molecule has 0 unspecified atom stereocenters. The maximum absolute atomic E-state index is 11.4. The van der Waals surface area contributed by atoms with Gasteiger partial charge in [0.2, 0.25) is 5.91 Å². The van der Waals surface area contributed by atoms with Crippen molar-refractivity contribution >= 4 is 28.8 Å². The Morgan fingerprint density at radius 2 is 2.07 bits per heavy atom. The summed E-state index contributed by atoms with van der Waals surface area (Å²) in [7, 11) is 5.45. The van der Waals surface area contributed by atoms with Gasteiger partial charge in [0.15, 0.2) is 0 Å². The second kappa shape index (κ2) is 5.49. The SMILES string of the molecule is CN(CC(=O)N(C)C)Cc1ccc(Cl)s1. The molecule has 0 aliphatic carbocycles. The van der Waals surface area contributed by atoms with Crippen molar-refractivity contribution in [1.82, 2.24) is 9.80 Å². The summed E-state index contributed by atoms with van der Waals surface area (Å²) >= 11 is 7.38. The van der Waals surface area contributed by atoms with Crippen molar-refractivity contribution in [2.24, 2.45) is 0 Å². The third kappa shape index (κ3) is 4.20. The van der Waals surface area contributed by atoms with Gasteiger partial charge >= 0.3 is 0 Å². The highest BCUT2D eigenvalue weighted by molar-refractivity contribution is 7.16. The van der Waals surface area contributed by atoms with Gasteiger partial charge in [-0.1, -0.05) is 11.6 Å². The molecule has 1 rings (SSSR count). The summed E-state index contributed by atoms with van der Waals surface area (Å²) in [5.41, 5.74) is 0. The van der Waals surface area contributed by atoms with Gasteiger partial charge in [-0.2, -0.15) is 0 Å². The molecule has 0 N–H and O–H groups in total. The summed E-state index contributed by atoms with van der Waals surface area (Å²) in [6.45, 7) is 1.19. The summed E-state index contributed by atoms with van der Waals surface area (Å²) in [4.78, 5) is 16.2. The molecule has 5 heteroatoms. The van der Waals surface area contributed by atoms with Crippen molar-refractivity contribution in [1.29, 1.82) is 0 Å². The van der Waals surface area contributed by atoms with Crippen molar-refractivity contribution < 1.29 is 4.79 Å². The molecule has 0 spiro atoms. The van der Waals surface area contributed by atoms with Crippen molar-refractivity contribution in [2.45, 2.75) is 6.54 Å². The smallest absolute Gasteiger partial charge is 0.236 e. The molecule has 0 bridgehead atoms. The minimum absolute atomic E-state index is 0.111. The van der Waals surface area contributed by atoms with Crippen LogP contribution < -0.4 is 0 Å². The van der Waals surface area contributed by atoms with Gasteiger partial charge in [-0.05, 0) is 19.2 Å². The first-order chi connectivity index (χ1) is 6.99. The standard InChI is InChI=1S/C10H15ClN2OS/c1-12(2)10(14)7-13(3)6-8-4-5-9(11)15-8/h4-5H,6-7H2,1-3H3. The number of likely N-dealkylation sites (N-methyl/N-ethyl adjacent to an activating group) is 2. The molecule has 84 valence electrons. The Morgan fingerprint density at radius 1 is 1.40 bits per heavy atom. The van der Waals surface area contributed by atoms with Crippen LogP contribution in [0.2, 0.25) is 4.34 Å². The Labute approximate surface area is 99.2 Å². The molecule has 1 heterocycles. The fourth-order valence-electron chi connectivity index (χ4n) is 1.13. The maximum atomic E-state index is 11.4. The van der Waals surface area contributed by atoms with Gasteiger partial charge in [0.1, 0.15) is 0 Å². The number of rotatable bonds is 4. The first-order valence-corrected chi connectivity index (χ1v) is 5.81. The lowest BCUT2D eigenvalue weighted by molar-refractivity contribution is -0.129. The van der Waals surface area contributed by atoms with E-state index in [9.17, 15) is 4.79 Å². The number of nitrogens with zero attached hydrogens (tertiary/aromatic N) is 2. The number of carbonyl (C=O) groups is 1. The topological polar surface area (TPSA) is 23.6 Å². The van der Waals surface area contributed by atoms with E-state index in [0.717, 1.165) is 10.9 Å². The molecule has 0 fully saturated rings. The van der Waals surface area contributed by atoms with E-state index in [0.29, 0.717) is 6.54 Å². The van der Waals surface area contributed by atoms with Crippen LogP contribution in [0, 0.1) is 0 Å². The van der Waals surface area contributed by atoms with Crippen LogP contribution in [0.1, 0.15) is 4.88 Å². The molecule has 1 aromatic heterocycles. The monoisotopic (exact) mass is 246 g/mol. The lowest BCUT2D eigenvalue weighted by Crippen LogP contribution is -2.33. The normalized spacial score (nSPS) is 10.7. The Balaban J connectivity index is 2.42. The van der Waals surface area contributed by atoms with Gasteiger partial charge in [0, 0.05) is 25.5 Å². The van der Waals surface area contributed by atoms with Gasteiger partial charge in [-0.3, -0.25) is 9.69 Å². The number of carbonyl (C=O) groups excluding carboxylic acids is 1. The number of amides is 1. The molecule has 0 saturated carbocycles. The minimum Gasteiger partial charge on any atom is -0.348 e. The molecule has 0 atom stereocenters. The highest BCUT2D eigenvalue weighted by Gasteiger charge is 2.09. The van der Waals surface area contributed by atoms with Gasteiger partial charge in [0.05, 0.1) is 10.9 Å². The lowest BCUT2D eigenvalue weighted by Gasteiger charge is -2.17. The Kier molecular flexibility index (Phi) is 4.57. The van der Waals surface area contributed by atoms with E-state index in [1.807, 2.05) is 24.1 Å². The molecule has 0 aromatic carbocycles. The molecule has 3 nitrogen and oxygen atoms in total. The largest absolute Gasteiger partial charge is 0.348 e. The Morgan fingerprint density at radius 3 is 2.53 bits per heavy atom. The quantitative estimate of drug-likeness (QED) is 0.811. The Bertz CT molecular complexity index is 338. The average Bonchev–Trinajstić information content (AvgIpc) is 2.50. The number of hydrogen-bond acceptors (Lipinski definition) is 3.